The highest BCUT2D eigenvalue weighted by molar-refractivity contribution is 8.13. The van der Waals surface area contributed by atoms with E-state index in [0.29, 0.717) is 6.61 Å². The van der Waals surface area contributed by atoms with E-state index in [4.69, 9.17) is 15.4 Å². The molecule has 3 nitrogen and oxygen atoms in total. The van der Waals surface area contributed by atoms with Crippen LogP contribution < -0.4 is 0 Å². The van der Waals surface area contributed by atoms with Crippen LogP contribution in [0.15, 0.2) is 17.5 Å². The van der Waals surface area contributed by atoms with Crippen LogP contribution in [-0.2, 0) is 20.2 Å². The van der Waals surface area contributed by atoms with E-state index >= 15 is 0 Å². The van der Waals surface area contributed by atoms with Crippen LogP contribution in [-0.4, -0.2) is 27.4 Å². The summed E-state index contributed by atoms with van der Waals surface area (Å²) in [7, 11) is 1.60. The van der Waals surface area contributed by atoms with Gasteiger partial charge in [0.1, 0.15) is 0 Å². The fourth-order valence-electron chi connectivity index (χ4n) is 0.888. The highest BCUT2D eigenvalue weighted by Gasteiger charge is 2.04. The van der Waals surface area contributed by atoms with E-state index in [1.54, 1.807) is 11.3 Å². The molecular weight excluding hydrogens is 244 g/mol. The first kappa shape index (κ1) is 12.0. The van der Waals surface area contributed by atoms with Gasteiger partial charge in [0, 0.05) is 22.0 Å². The number of halogens is 1. The molecule has 0 fully saturated rings. The number of ether oxygens (including phenoxy) is 1. The summed E-state index contributed by atoms with van der Waals surface area (Å²) in [4.78, 5) is 1.23. The van der Waals surface area contributed by atoms with Crippen molar-refractivity contribution in [1.29, 1.82) is 0 Å². The van der Waals surface area contributed by atoms with Crippen molar-refractivity contribution < 1.29 is 13.2 Å². The fraction of sp³-hybridized carbons (Fsp3) is 0.500. The Balaban J connectivity index is 2.06. The molecule has 0 amide bonds. The lowest BCUT2D eigenvalue weighted by atomic mass is 10.4. The highest BCUT2D eigenvalue weighted by atomic mass is 35.7. The second-order valence-electron chi connectivity index (χ2n) is 2.68. The van der Waals surface area contributed by atoms with Crippen molar-refractivity contribution in [1.82, 2.24) is 0 Å². The van der Waals surface area contributed by atoms with Crippen molar-refractivity contribution in [2.75, 3.05) is 19.0 Å². The first-order valence-corrected chi connectivity index (χ1v) is 7.46. The van der Waals surface area contributed by atoms with Crippen molar-refractivity contribution in [3.63, 3.8) is 0 Å². The Hall–Kier alpha value is -0.100. The summed E-state index contributed by atoms with van der Waals surface area (Å²) in [5.74, 6) is -0.126. The van der Waals surface area contributed by atoms with Crippen LogP contribution in [0, 0.1) is 0 Å². The topological polar surface area (TPSA) is 43.4 Å². The maximum Gasteiger partial charge on any atom is 0.234 e. The third-order valence-corrected chi connectivity index (χ3v) is 3.60. The van der Waals surface area contributed by atoms with Gasteiger partial charge in [0.2, 0.25) is 9.05 Å². The lowest BCUT2D eigenvalue weighted by Crippen LogP contribution is -2.08. The summed E-state index contributed by atoms with van der Waals surface area (Å²) in [6.45, 7) is 0.699. The molecule has 0 unspecified atom stereocenters. The second kappa shape index (κ2) is 5.70. The van der Waals surface area contributed by atoms with E-state index < -0.39 is 9.05 Å². The number of hydrogen-bond acceptors (Lipinski definition) is 4. The van der Waals surface area contributed by atoms with Crippen LogP contribution in [0.3, 0.4) is 0 Å². The van der Waals surface area contributed by atoms with Crippen molar-refractivity contribution in [2.45, 2.75) is 6.42 Å². The van der Waals surface area contributed by atoms with Crippen LogP contribution in [0.5, 0.6) is 0 Å². The van der Waals surface area contributed by atoms with E-state index in [1.807, 2.05) is 17.5 Å². The summed E-state index contributed by atoms with van der Waals surface area (Å²) in [6.07, 6.45) is 0.819. The standard InChI is InChI=1S/C8H11ClO3S2/c9-14(10,11)7-5-12-4-3-8-2-1-6-13-8/h1-2,6H,3-5,7H2. The van der Waals surface area contributed by atoms with Crippen molar-refractivity contribution >= 4 is 31.1 Å². The zero-order valence-electron chi connectivity index (χ0n) is 7.48. The van der Waals surface area contributed by atoms with Crippen LogP contribution >= 0.6 is 22.0 Å². The quantitative estimate of drug-likeness (QED) is 0.575. The molecule has 0 saturated carbocycles. The number of rotatable bonds is 6. The van der Waals surface area contributed by atoms with Gasteiger partial charge in [0.05, 0.1) is 19.0 Å². The zero-order chi connectivity index (χ0) is 10.4. The van der Waals surface area contributed by atoms with Gasteiger partial charge in [-0.1, -0.05) is 6.07 Å². The Morgan fingerprint density at radius 2 is 2.21 bits per heavy atom. The van der Waals surface area contributed by atoms with E-state index in [2.05, 4.69) is 0 Å². The van der Waals surface area contributed by atoms with E-state index in [1.165, 1.54) is 4.88 Å². The predicted octanol–water partition coefficient (Wildman–Crippen LogP) is 1.88. The first-order chi connectivity index (χ1) is 6.58. The molecule has 0 bridgehead atoms. The molecular formula is C8H11ClO3S2. The fourth-order valence-corrected chi connectivity index (χ4v) is 2.08. The molecule has 14 heavy (non-hydrogen) atoms. The molecule has 0 saturated heterocycles. The summed E-state index contributed by atoms with van der Waals surface area (Å²) < 4.78 is 26.1. The Morgan fingerprint density at radius 3 is 2.79 bits per heavy atom. The molecule has 0 atom stereocenters. The molecule has 1 aromatic rings. The summed E-state index contributed by atoms with van der Waals surface area (Å²) in [6, 6.07) is 4.00. The average molecular weight is 255 g/mol. The van der Waals surface area contributed by atoms with Crippen LogP contribution in [0.25, 0.3) is 0 Å². The minimum atomic E-state index is -3.41. The molecule has 6 heteroatoms. The smallest absolute Gasteiger partial charge is 0.234 e. The van der Waals surface area contributed by atoms with Crippen molar-refractivity contribution in [2.24, 2.45) is 0 Å². The third kappa shape index (κ3) is 5.59. The van der Waals surface area contributed by atoms with Crippen LogP contribution in [0.4, 0.5) is 0 Å². The summed E-state index contributed by atoms with van der Waals surface area (Å²) in [5.41, 5.74) is 0. The Morgan fingerprint density at radius 1 is 1.43 bits per heavy atom. The second-order valence-corrected chi connectivity index (χ2v) is 6.61. The lowest BCUT2D eigenvalue weighted by Gasteiger charge is -2.00. The normalized spacial score (nSPS) is 11.8. The Labute approximate surface area is 92.1 Å². The van der Waals surface area contributed by atoms with Crippen LogP contribution in [0.1, 0.15) is 4.88 Å². The molecule has 1 heterocycles. The third-order valence-electron chi connectivity index (χ3n) is 1.54. The zero-order valence-corrected chi connectivity index (χ0v) is 9.87. The average Bonchev–Trinajstić information content (AvgIpc) is 2.54. The van der Waals surface area contributed by atoms with Crippen molar-refractivity contribution in [3.8, 4) is 0 Å². The molecule has 0 spiro atoms. The molecule has 1 rings (SSSR count). The van der Waals surface area contributed by atoms with Crippen molar-refractivity contribution in [3.05, 3.63) is 22.4 Å². The Kier molecular flexibility index (Phi) is 4.88. The van der Waals surface area contributed by atoms with Gasteiger partial charge < -0.3 is 4.74 Å². The molecule has 0 aromatic carbocycles. The maximum absolute atomic E-state index is 10.5. The van der Waals surface area contributed by atoms with Gasteiger partial charge in [0.15, 0.2) is 0 Å². The predicted molar refractivity (Wildman–Crippen MR) is 58.5 cm³/mol. The molecule has 0 radical (unpaired) electrons. The van der Waals surface area contributed by atoms with E-state index in [-0.39, 0.29) is 12.4 Å². The lowest BCUT2D eigenvalue weighted by molar-refractivity contribution is 0.153. The van der Waals surface area contributed by atoms with Gasteiger partial charge in [0.25, 0.3) is 0 Å². The van der Waals surface area contributed by atoms with Gasteiger partial charge in [-0.05, 0) is 11.4 Å². The molecule has 0 N–H and O–H groups in total. The van der Waals surface area contributed by atoms with Gasteiger partial charge in [-0.2, -0.15) is 0 Å². The van der Waals surface area contributed by atoms with E-state index in [9.17, 15) is 8.42 Å². The molecule has 80 valence electrons. The number of hydrogen-bond donors (Lipinski definition) is 0. The van der Waals surface area contributed by atoms with Crippen LogP contribution in [0.2, 0.25) is 0 Å². The SMILES string of the molecule is O=S(=O)(Cl)CCOCCc1cccs1. The summed E-state index contributed by atoms with van der Waals surface area (Å²) in [5, 5.41) is 2.00. The largest absolute Gasteiger partial charge is 0.380 e. The Bertz CT molecular complexity index is 345. The highest BCUT2D eigenvalue weighted by Crippen LogP contribution is 2.08. The van der Waals surface area contributed by atoms with Gasteiger partial charge in [-0.15, -0.1) is 11.3 Å². The molecule has 0 aliphatic rings. The van der Waals surface area contributed by atoms with E-state index in [0.717, 1.165) is 6.42 Å². The minimum Gasteiger partial charge on any atom is -0.380 e. The molecule has 0 aliphatic heterocycles. The molecule has 0 aliphatic carbocycles. The minimum absolute atomic E-state index is 0.126. The summed E-state index contributed by atoms with van der Waals surface area (Å²) >= 11 is 1.66. The first-order valence-electron chi connectivity index (χ1n) is 4.10. The monoisotopic (exact) mass is 254 g/mol. The van der Waals surface area contributed by atoms with Gasteiger partial charge in [-0.3, -0.25) is 0 Å². The van der Waals surface area contributed by atoms with Gasteiger partial charge >= 0.3 is 0 Å². The molecule has 1 aromatic heterocycles. The van der Waals surface area contributed by atoms with Gasteiger partial charge in [-0.25, -0.2) is 8.42 Å². The maximum atomic E-state index is 10.5. The number of thiophene rings is 1.